The SMILES string of the molecule is CCCCCC(O)CC(O)CCc1ccc(O[C@@H]2O[C@H](CO)[C@@H](O)[C@H](O)[C@H]2O)c(OC)c1. The highest BCUT2D eigenvalue weighted by Gasteiger charge is 2.44. The van der Waals surface area contributed by atoms with E-state index < -0.39 is 49.5 Å². The standard InChI is InChI=1S/C23H38O9/c1-3-4-5-6-15(25)12-16(26)9-7-14-8-10-17(18(11-14)30-2)31-23-22(29)21(28)20(27)19(13-24)32-23/h8,10-11,15-16,19-29H,3-7,9,12-13H2,1-2H3/t15?,16?,19-,20-,21+,22-,23-/m1/s1. The van der Waals surface area contributed by atoms with Crippen LogP contribution < -0.4 is 9.47 Å². The van der Waals surface area contributed by atoms with Crippen LogP contribution >= 0.6 is 0 Å². The Hall–Kier alpha value is -1.46. The normalized spacial score (nSPS) is 27.7. The predicted octanol–water partition coefficient (Wildman–Crippen LogP) is 0.499. The third-order valence-electron chi connectivity index (χ3n) is 5.77. The molecule has 1 fully saturated rings. The number of hydrogen-bond donors (Lipinski definition) is 6. The van der Waals surface area contributed by atoms with E-state index in [1.807, 2.05) is 0 Å². The molecule has 0 radical (unpaired) electrons. The lowest BCUT2D eigenvalue weighted by molar-refractivity contribution is -0.277. The van der Waals surface area contributed by atoms with Crippen LogP contribution in [-0.2, 0) is 11.2 Å². The molecule has 6 N–H and O–H groups in total. The Bertz CT molecular complexity index is 669. The topological polar surface area (TPSA) is 149 Å². The molecule has 9 heteroatoms. The van der Waals surface area contributed by atoms with E-state index >= 15 is 0 Å². The van der Waals surface area contributed by atoms with E-state index in [4.69, 9.17) is 14.2 Å². The predicted molar refractivity (Wildman–Crippen MR) is 116 cm³/mol. The summed E-state index contributed by atoms with van der Waals surface area (Å²) in [7, 11) is 1.46. The van der Waals surface area contributed by atoms with Crippen LogP contribution in [0.5, 0.6) is 11.5 Å². The molecule has 1 saturated heterocycles. The molecule has 0 amide bonds. The van der Waals surface area contributed by atoms with Gasteiger partial charge in [-0.05, 0) is 43.4 Å². The summed E-state index contributed by atoms with van der Waals surface area (Å²) in [6.07, 6.45) is -2.77. The number of methoxy groups -OCH3 is 1. The average Bonchev–Trinajstić information content (AvgIpc) is 2.78. The van der Waals surface area contributed by atoms with E-state index in [2.05, 4.69) is 6.92 Å². The maximum absolute atomic E-state index is 10.2. The van der Waals surface area contributed by atoms with Crippen LogP contribution in [0.4, 0.5) is 0 Å². The highest BCUT2D eigenvalue weighted by atomic mass is 16.7. The molecule has 2 unspecified atom stereocenters. The van der Waals surface area contributed by atoms with E-state index in [1.54, 1.807) is 18.2 Å². The molecule has 0 saturated carbocycles. The van der Waals surface area contributed by atoms with Gasteiger partial charge in [-0.3, -0.25) is 0 Å². The van der Waals surface area contributed by atoms with Crippen molar-refractivity contribution in [1.29, 1.82) is 0 Å². The summed E-state index contributed by atoms with van der Waals surface area (Å²) in [5, 5.41) is 59.5. The van der Waals surface area contributed by atoms with Gasteiger partial charge in [0, 0.05) is 0 Å². The molecule has 1 aromatic carbocycles. The minimum absolute atomic E-state index is 0.257. The number of aliphatic hydroxyl groups is 6. The zero-order valence-corrected chi connectivity index (χ0v) is 18.8. The van der Waals surface area contributed by atoms with Gasteiger partial charge < -0.3 is 44.8 Å². The Morgan fingerprint density at radius 2 is 1.69 bits per heavy atom. The first-order chi connectivity index (χ1) is 15.3. The minimum Gasteiger partial charge on any atom is -0.493 e. The average molecular weight is 459 g/mol. The molecule has 7 atom stereocenters. The number of unbranched alkanes of at least 4 members (excludes halogenated alkanes) is 2. The van der Waals surface area contributed by atoms with Gasteiger partial charge in [0.15, 0.2) is 11.5 Å². The van der Waals surface area contributed by atoms with Gasteiger partial charge in [0.2, 0.25) is 6.29 Å². The van der Waals surface area contributed by atoms with Crippen LogP contribution in [0, 0.1) is 0 Å². The van der Waals surface area contributed by atoms with Crippen LogP contribution in [0.25, 0.3) is 0 Å². The lowest BCUT2D eigenvalue weighted by atomic mass is 9.99. The van der Waals surface area contributed by atoms with Crippen LogP contribution in [0.15, 0.2) is 18.2 Å². The van der Waals surface area contributed by atoms with Gasteiger partial charge in [0.25, 0.3) is 0 Å². The Morgan fingerprint density at radius 3 is 2.34 bits per heavy atom. The molecule has 0 aromatic heterocycles. The first kappa shape index (κ1) is 26.8. The van der Waals surface area contributed by atoms with Gasteiger partial charge in [-0.1, -0.05) is 32.3 Å². The monoisotopic (exact) mass is 458 g/mol. The van der Waals surface area contributed by atoms with Gasteiger partial charge in [-0.2, -0.15) is 0 Å². The second-order valence-electron chi connectivity index (χ2n) is 8.38. The maximum atomic E-state index is 10.2. The largest absolute Gasteiger partial charge is 0.493 e. The van der Waals surface area contributed by atoms with Crippen molar-refractivity contribution in [3.05, 3.63) is 23.8 Å². The fourth-order valence-electron chi connectivity index (χ4n) is 3.77. The van der Waals surface area contributed by atoms with Gasteiger partial charge in [-0.15, -0.1) is 0 Å². The van der Waals surface area contributed by atoms with E-state index in [0.717, 1.165) is 24.8 Å². The smallest absolute Gasteiger partial charge is 0.229 e. The molecule has 0 bridgehead atoms. The number of hydrogen-bond acceptors (Lipinski definition) is 9. The number of aliphatic hydroxyl groups excluding tert-OH is 6. The molecule has 0 aliphatic carbocycles. The van der Waals surface area contributed by atoms with Gasteiger partial charge in [-0.25, -0.2) is 0 Å². The summed E-state index contributed by atoms with van der Waals surface area (Å²) in [5.41, 5.74) is 0.891. The molecule has 184 valence electrons. The van der Waals surface area contributed by atoms with Crippen molar-refractivity contribution >= 4 is 0 Å². The molecule has 0 spiro atoms. The second kappa shape index (κ2) is 13.3. The molecular weight excluding hydrogens is 420 g/mol. The Balaban J connectivity index is 1.93. The molecule has 9 nitrogen and oxygen atoms in total. The van der Waals surface area contributed by atoms with Crippen molar-refractivity contribution in [3.63, 3.8) is 0 Å². The quantitative estimate of drug-likeness (QED) is 0.232. The molecular formula is C23H38O9. The highest BCUT2D eigenvalue weighted by molar-refractivity contribution is 5.43. The number of benzene rings is 1. The first-order valence-corrected chi connectivity index (χ1v) is 11.3. The van der Waals surface area contributed by atoms with Crippen molar-refractivity contribution in [2.45, 2.75) is 94.8 Å². The van der Waals surface area contributed by atoms with Crippen LogP contribution in [-0.4, -0.2) is 87.3 Å². The van der Waals surface area contributed by atoms with Gasteiger partial charge >= 0.3 is 0 Å². The van der Waals surface area contributed by atoms with E-state index in [9.17, 15) is 30.6 Å². The number of ether oxygens (including phenoxy) is 3. The van der Waals surface area contributed by atoms with Crippen molar-refractivity contribution in [1.82, 2.24) is 0 Å². The van der Waals surface area contributed by atoms with Crippen molar-refractivity contribution < 1.29 is 44.8 Å². The number of rotatable bonds is 13. The van der Waals surface area contributed by atoms with Gasteiger partial charge in [0.05, 0.1) is 25.9 Å². The zero-order chi connectivity index (χ0) is 23.7. The van der Waals surface area contributed by atoms with Crippen molar-refractivity contribution in [2.75, 3.05) is 13.7 Å². The van der Waals surface area contributed by atoms with E-state index in [0.29, 0.717) is 31.4 Å². The summed E-state index contributed by atoms with van der Waals surface area (Å²) in [6, 6.07) is 5.15. The summed E-state index contributed by atoms with van der Waals surface area (Å²) >= 11 is 0. The Morgan fingerprint density at radius 1 is 0.969 bits per heavy atom. The third-order valence-corrected chi connectivity index (χ3v) is 5.77. The minimum atomic E-state index is -1.53. The fraction of sp³-hybridized carbons (Fsp3) is 0.739. The molecule has 2 rings (SSSR count). The summed E-state index contributed by atoms with van der Waals surface area (Å²) < 4.78 is 16.4. The number of aryl methyl sites for hydroxylation is 1. The third kappa shape index (κ3) is 7.55. The van der Waals surface area contributed by atoms with Crippen molar-refractivity contribution in [3.8, 4) is 11.5 Å². The molecule has 1 aromatic rings. The van der Waals surface area contributed by atoms with Gasteiger partial charge in [0.1, 0.15) is 24.4 Å². The summed E-state index contributed by atoms with van der Waals surface area (Å²) in [6.45, 7) is 1.56. The van der Waals surface area contributed by atoms with Crippen LogP contribution in [0.3, 0.4) is 0 Å². The summed E-state index contributed by atoms with van der Waals surface area (Å²) in [5.74, 6) is 0.626. The first-order valence-electron chi connectivity index (χ1n) is 11.3. The second-order valence-corrected chi connectivity index (χ2v) is 8.38. The highest BCUT2D eigenvalue weighted by Crippen LogP contribution is 2.32. The lowest BCUT2D eigenvalue weighted by Crippen LogP contribution is -2.60. The Kier molecular flexibility index (Phi) is 11.1. The molecule has 32 heavy (non-hydrogen) atoms. The molecule has 1 aliphatic heterocycles. The summed E-state index contributed by atoms with van der Waals surface area (Å²) in [4.78, 5) is 0. The molecule has 1 aliphatic rings. The fourth-order valence-corrected chi connectivity index (χ4v) is 3.77. The Labute approximate surface area is 189 Å². The van der Waals surface area contributed by atoms with E-state index in [-0.39, 0.29) is 5.75 Å². The maximum Gasteiger partial charge on any atom is 0.229 e. The molecule has 1 heterocycles. The van der Waals surface area contributed by atoms with Crippen LogP contribution in [0.2, 0.25) is 0 Å². The lowest BCUT2D eigenvalue weighted by Gasteiger charge is -2.39. The van der Waals surface area contributed by atoms with E-state index in [1.165, 1.54) is 7.11 Å². The van der Waals surface area contributed by atoms with Crippen molar-refractivity contribution in [2.24, 2.45) is 0 Å². The zero-order valence-electron chi connectivity index (χ0n) is 18.8. The van der Waals surface area contributed by atoms with Crippen LogP contribution in [0.1, 0.15) is 51.0 Å².